The third kappa shape index (κ3) is 22.2. The summed E-state index contributed by atoms with van der Waals surface area (Å²) in [4.78, 5) is 38.2. The summed E-state index contributed by atoms with van der Waals surface area (Å²) < 4.78 is 54.0. The van der Waals surface area contributed by atoms with Crippen LogP contribution in [0.15, 0.2) is 137 Å². The SMILES string of the molecule is CC#C[C@]1(O)CC[C@H]2[C@@H]3CCC4=CC(=O)CCC4=C3[C@@H](c3ccc(N(C)C)cc3)C[C@@]21C.CC/C(=C(\c1ccccc1)c1ccc(OCCN(C)C)cc1)c1ccccc1.CC[C@H]1OC(=O)[C@H](C)[C@@H](O[C@H]2C[C@@](C)(OC)[C@@H](O)[C@H](C)O2)[C@H](C)[C@@H](O[C@@H]2O[C@H](C)C[C@H](N(C)C)[C@H]2O)[C@](C)(O)C[C@@H](C)/C(=N\OCOCCOC)[C@H](C)[C@@H](O)[C@]1(C)O. The summed E-state index contributed by atoms with van der Waals surface area (Å²) in [5.74, 6) is 4.53. The van der Waals surface area contributed by atoms with Crippen molar-refractivity contribution in [3.8, 4) is 17.6 Å². The number of carbonyl (C=O) groups is 2. The number of oxime groups is 1. The molecule has 0 unspecified atom stereocenters. The number of nitrogens with zero attached hydrogens (tertiary/aromatic N) is 4. The number of ether oxygens (including phenoxy) is 9. The number of anilines is 1. The van der Waals surface area contributed by atoms with Crippen molar-refractivity contribution in [2.45, 2.75) is 263 Å². The van der Waals surface area contributed by atoms with Crippen molar-refractivity contribution in [2.24, 2.45) is 46.1 Å². The minimum absolute atomic E-state index is 0.0307. The monoisotopic (exact) mass is 1640 g/mol. The van der Waals surface area contributed by atoms with E-state index in [0.29, 0.717) is 43.6 Å². The molecule has 6 N–H and O–H groups in total. The second-order valence-electron chi connectivity index (χ2n) is 35.6. The maximum absolute atomic E-state index is 14.3. The molecule has 23 atom stereocenters. The van der Waals surface area contributed by atoms with Gasteiger partial charge in [0, 0.05) is 88.5 Å². The van der Waals surface area contributed by atoms with Crippen LogP contribution in [0.4, 0.5) is 5.69 Å². The number of likely N-dealkylation sites (N-methyl/N-ethyl adjacent to an activating group) is 2. The number of methoxy groups -OCH3 is 2. The number of aliphatic hydroxyl groups is 6. The number of carbonyl (C=O) groups excluding carboxylic acids is 2. The number of ketones is 1. The summed E-state index contributed by atoms with van der Waals surface area (Å²) in [6.45, 7) is 25.3. The molecular weight excluding hydrogens is 1500 g/mol. The van der Waals surface area contributed by atoms with Gasteiger partial charge in [-0.25, -0.2) is 0 Å². The second-order valence-corrected chi connectivity index (χ2v) is 35.6. The number of fused-ring (bicyclic) bond motifs is 4. The number of hydrogen-bond acceptors (Lipinski definition) is 22. The molecule has 4 aromatic rings. The first-order valence-corrected chi connectivity index (χ1v) is 42.8. The third-order valence-electron chi connectivity index (χ3n) is 26.4. The van der Waals surface area contributed by atoms with Gasteiger partial charge in [-0.3, -0.25) is 9.59 Å². The van der Waals surface area contributed by atoms with Gasteiger partial charge in [-0.05, 0) is 228 Å². The lowest BCUT2D eigenvalue weighted by Crippen LogP contribution is -2.61. The van der Waals surface area contributed by atoms with E-state index in [1.165, 1.54) is 64.3 Å². The third-order valence-corrected chi connectivity index (χ3v) is 26.4. The first-order valence-electron chi connectivity index (χ1n) is 42.8. The molecule has 3 heterocycles. The van der Waals surface area contributed by atoms with Crippen LogP contribution < -0.4 is 9.64 Å². The minimum atomic E-state index is -1.97. The summed E-state index contributed by atoms with van der Waals surface area (Å²) >= 11 is 0. The molecule has 7 aliphatic rings. The molecule has 0 radical (unpaired) electrons. The molecule has 652 valence electrons. The summed E-state index contributed by atoms with van der Waals surface area (Å²) in [6.07, 6.45) is -0.293. The molecule has 0 spiro atoms. The van der Waals surface area contributed by atoms with Crippen molar-refractivity contribution in [3.05, 3.63) is 154 Å². The highest BCUT2D eigenvalue weighted by Crippen LogP contribution is 2.67. The van der Waals surface area contributed by atoms with Gasteiger partial charge in [-0.15, -0.1) is 5.92 Å². The van der Waals surface area contributed by atoms with Gasteiger partial charge in [0.2, 0.25) is 6.79 Å². The molecule has 5 fully saturated rings. The van der Waals surface area contributed by atoms with Crippen LogP contribution >= 0.6 is 0 Å². The number of hydrogen-bond donors (Lipinski definition) is 6. The first-order chi connectivity index (χ1) is 55.9. The Morgan fingerprint density at radius 2 is 1.36 bits per heavy atom. The Morgan fingerprint density at radius 1 is 0.712 bits per heavy atom. The van der Waals surface area contributed by atoms with Gasteiger partial charge in [0.05, 0.1) is 66.6 Å². The Balaban J connectivity index is 0.000000221. The van der Waals surface area contributed by atoms with E-state index in [-0.39, 0.29) is 61.9 Å². The van der Waals surface area contributed by atoms with Crippen LogP contribution in [0.2, 0.25) is 0 Å². The number of cyclic esters (lactones) is 1. The smallest absolute Gasteiger partial charge is 0.311 e. The fourth-order valence-electron chi connectivity index (χ4n) is 19.7. The quantitative estimate of drug-likeness (QED) is 0.0101. The molecular formula is C96H140N4O18. The molecule has 0 bridgehead atoms. The zero-order valence-corrected chi connectivity index (χ0v) is 74.3. The van der Waals surface area contributed by atoms with Crippen molar-refractivity contribution < 1.29 is 87.7 Å². The standard InChI is InChI=1S/C41H76N2O15.C29H35NO2.C26H29NO/c1-15-29-41(10,49)34(45)24(4)31(42-53-21-52-17-16-50-13)22(2)19-39(8,48)36(58-38-32(44)28(43(11)12)18-23(3)54-38)25(5)33(26(6)37(47)56-29)57-30-20-40(9,51-14)35(46)27(7)55-30;1-5-15-29(32)16-14-26-24-12-8-20-17-22(31)11-13-23(20)27(24)25(18-28(26,29)2)19-6-9-21(10-7-19)30(3)4;1-4-25(21-11-7-5-8-12-21)26(22-13-9-6-10-14-22)23-15-17-24(18-16-23)28-20-19-27(2)3/h22-30,32-36,38,44-46,48-49H,15-21H2,1-14H3;6-7,9-10,17,24-26,32H,8,11-14,16,18H2,1-4H3;5-18H,4,19-20H2,1-3H3/b42-31+;;26-25-/t22-,23-,24+,25+,26-,27+,28+,29-,30+,32-,33+,34-,35+,36-,38+,39-,40-,41-;24-,25+,26-,28-,29-;/m10./s1. The molecule has 0 amide bonds. The van der Waals surface area contributed by atoms with Crippen LogP contribution in [0.3, 0.4) is 0 Å². The van der Waals surface area contributed by atoms with Crippen molar-refractivity contribution in [2.75, 3.05) is 94.6 Å². The predicted octanol–water partition coefficient (Wildman–Crippen LogP) is 13.6. The molecule has 118 heavy (non-hydrogen) atoms. The van der Waals surface area contributed by atoms with Crippen LogP contribution in [0.1, 0.15) is 195 Å². The molecule has 2 saturated carbocycles. The van der Waals surface area contributed by atoms with E-state index in [1.807, 2.05) is 45.8 Å². The lowest BCUT2D eigenvalue weighted by molar-refractivity contribution is -0.317. The van der Waals surface area contributed by atoms with Gasteiger partial charge in [0.15, 0.2) is 18.4 Å². The van der Waals surface area contributed by atoms with Crippen LogP contribution in [0.25, 0.3) is 11.1 Å². The van der Waals surface area contributed by atoms with Crippen LogP contribution in [0, 0.1) is 52.8 Å². The average Bonchev–Trinajstić information content (AvgIpc) is 1.46. The Kier molecular flexibility index (Phi) is 33.8. The zero-order chi connectivity index (χ0) is 86.4. The van der Waals surface area contributed by atoms with Gasteiger partial charge >= 0.3 is 5.97 Å². The highest BCUT2D eigenvalue weighted by atomic mass is 16.7. The summed E-state index contributed by atoms with van der Waals surface area (Å²) in [6, 6.07) is 38.5. The Hall–Kier alpha value is -6.73. The van der Waals surface area contributed by atoms with E-state index in [1.54, 1.807) is 61.1 Å². The van der Waals surface area contributed by atoms with Crippen molar-refractivity contribution in [1.82, 2.24) is 9.80 Å². The predicted molar refractivity (Wildman–Crippen MR) is 461 cm³/mol. The van der Waals surface area contributed by atoms with E-state index in [4.69, 9.17) is 47.5 Å². The zero-order valence-electron chi connectivity index (χ0n) is 74.3. The largest absolute Gasteiger partial charge is 0.492 e. The minimum Gasteiger partial charge on any atom is -0.492 e. The van der Waals surface area contributed by atoms with Crippen LogP contribution in [0.5, 0.6) is 5.75 Å². The maximum Gasteiger partial charge on any atom is 0.311 e. The van der Waals surface area contributed by atoms with E-state index in [0.717, 1.165) is 57.2 Å². The summed E-state index contributed by atoms with van der Waals surface area (Å²) in [7, 11) is 15.0. The van der Waals surface area contributed by atoms with E-state index in [2.05, 4.69) is 178 Å². The molecule has 0 aromatic heterocycles. The Labute approximate surface area is 703 Å². The van der Waals surface area contributed by atoms with Crippen molar-refractivity contribution in [3.63, 3.8) is 0 Å². The Bertz CT molecular complexity index is 4080. The van der Waals surface area contributed by atoms with Crippen molar-refractivity contribution >= 4 is 34.3 Å². The fraction of sp³-hybridized carbons (Fsp3) is 0.635. The molecule has 22 nitrogen and oxygen atoms in total. The maximum atomic E-state index is 14.3. The molecule has 11 rings (SSSR count). The average molecular weight is 1640 g/mol. The molecule has 3 aliphatic heterocycles. The van der Waals surface area contributed by atoms with Crippen molar-refractivity contribution in [1.29, 1.82) is 0 Å². The van der Waals surface area contributed by atoms with Gasteiger partial charge in [-0.1, -0.05) is 143 Å². The fourth-order valence-corrected chi connectivity index (χ4v) is 19.7. The van der Waals surface area contributed by atoms with E-state index < -0.39 is 107 Å². The number of allylic oxidation sites excluding steroid dienone is 5. The summed E-state index contributed by atoms with van der Waals surface area (Å²) in [5, 5.41) is 75.3. The van der Waals surface area contributed by atoms with Gasteiger partial charge in [-0.2, -0.15) is 0 Å². The van der Waals surface area contributed by atoms with E-state index >= 15 is 0 Å². The van der Waals surface area contributed by atoms with Gasteiger partial charge < -0.3 is 92.8 Å². The molecule has 3 saturated heterocycles. The lowest BCUT2D eigenvalue weighted by atomic mass is 9.51. The summed E-state index contributed by atoms with van der Waals surface area (Å²) in [5.41, 5.74) is 7.59. The van der Waals surface area contributed by atoms with Crippen LogP contribution in [-0.2, 0) is 52.3 Å². The van der Waals surface area contributed by atoms with Gasteiger partial charge in [0.1, 0.15) is 41.9 Å². The topological polar surface area (TPSA) is 270 Å². The van der Waals surface area contributed by atoms with E-state index in [9.17, 15) is 40.2 Å². The number of benzene rings is 4. The highest BCUT2D eigenvalue weighted by molar-refractivity contribution is 5.98. The first kappa shape index (κ1) is 95.1. The number of esters is 1. The molecule has 4 aromatic carbocycles. The number of rotatable bonds is 23. The van der Waals surface area contributed by atoms with Crippen LogP contribution in [-0.4, -0.2) is 237 Å². The molecule has 22 heteroatoms. The number of aliphatic hydroxyl groups excluding tert-OH is 3. The highest BCUT2D eigenvalue weighted by Gasteiger charge is 2.63. The molecule has 4 aliphatic carbocycles. The normalized spacial score (nSPS) is 35.1. The second kappa shape index (κ2) is 41.9. The van der Waals surface area contributed by atoms with Gasteiger partial charge in [0.25, 0.3) is 0 Å². The lowest BCUT2D eigenvalue weighted by Gasteiger charge is -2.53. The Morgan fingerprint density at radius 3 is 1.97 bits per heavy atom.